The molecule has 0 aromatic carbocycles. The van der Waals surface area contributed by atoms with Gasteiger partial charge >= 0.3 is 11.9 Å². The van der Waals surface area contributed by atoms with Crippen molar-refractivity contribution in [1.29, 1.82) is 0 Å². The van der Waals surface area contributed by atoms with E-state index in [2.05, 4.69) is 16.8 Å². The smallest absolute Gasteiger partial charge is 0.338 e. The molecule has 0 fully saturated rings. The number of aromatic carboxylic acids is 1. The summed E-state index contributed by atoms with van der Waals surface area (Å²) < 4.78 is 0. The maximum Gasteiger partial charge on any atom is 0.338 e. The number of nitrogens with zero attached hydrogens (tertiary/aromatic N) is 1. The summed E-state index contributed by atoms with van der Waals surface area (Å²) in [5.74, 6) is 2.59. The number of carboxylic acid groups (broad SMARTS) is 2. The predicted octanol–water partition coefficient (Wildman–Crippen LogP) is 1.26. The van der Waals surface area contributed by atoms with Crippen LogP contribution in [0.2, 0.25) is 5.15 Å². The van der Waals surface area contributed by atoms with E-state index in [-0.39, 0.29) is 17.1 Å². The molecule has 0 aliphatic heterocycles. The lowest BCUT2D eigenvalue weighted by atomic mass is 10.2. The second kappa shape index (κ2) is 5.14. The average molecular weight is 240 g/mol. The van der Waals surface area contributed by atoms with Crippen molar-refractivity contribution in [1.82, 2.24) is 4.98 Å². The minimum atomic E-state index is -1.21. The van der Waals surface area contributed by atoms with Gasteiger partial charge in [-0.15, -0.1) is 0 Å². The van der Waals surface area contributed by atoms with Crippen LogP contribution in [0.1, 0.15) is 22.3 Å². The van der Waals surface area contributed by atoms with Crippen molar-refractivity contribution in [2.45, 2.75) is 6.42 Å². The van der Waals surface area contributed by atoms with Gasteiger partial charge in [0.05, 0.1) is 5.56 Å². The van der Waals surface area contributed by atoms with Gasteiger partial charge in [-0.05, 0) is 6.07 Å². The van der Waals surface area contributed by atoms with Crippen LogP contribution in [0.25, 0.3) is 0 Å². The normalized spacial score (nSPS) is 9.06. The largest absolute Gasteiger partial charge is 0.481 e. The van der Waals surface area contributed by atoms with E-state index in [0.717, 1.165) is 0 Å². The Hall–Kier alpha value is -2.06. The number of pyridine rings is 1. The SMILES string of the molecule is O=C(O)CC#Cc1cnc(Cl)c(C(=O)O)c1. The van der Waals surface area contributed by atoms with Crippen molar-refractivity contribution in [2.24, 2.45) is 0 Å². The lowest BCUT2D eigenvalue weighted by Crippen LogP contribution is -1.99. The first-order chi connectivity index (χ1) is 7.50. The Morgan fingerprint density at radius 3 is 2.69 bits per heavy atom. The molecule has 82 valence electrons. The molecule has 0 atom stereocenters. The first-order valence-corrected chi connectivity index (χ1v) is 4.48. The van der Waals surface area contributed by atoms with Crippen molar-refractivity contribution in [2.75, 3.05) is 0 Å². The highest BCUT2D eigenvalue weighted by Gasteiger charge is 2.09. The predicted molar refractivity (Wildman–Crippen MR) is 55.3 cm³/mol. The Morgan fingerprint density at radius 2 is 2.12 bits per heavy atom. The van der Waals surface area contributed by atoms with Crippen molar-refractivity contribution in [3.8, 4) is 11.8 Å². The zero-order valence-corrected chi connectivity index (χ0v) is 8.65. The van der Waals surface area contributed by atoms with Gasteiger partial charge in [0.15, 0.2) is 0 Å². The molecule has 0 bridgehead atoms. The molecular formula is C10H6ClNO4. The Bertz CT molecular complexity index is 501. The Kier molecular flexibility index (Phi) is 3.86. The standard InChI is InChI=1S/C10H6ClNO4/c11-9-7(10(15)16)4-6(5-12-9)2-1-3-8(13)14/h4-5H,3H2,(H,13,14)(H,15,16). The fourth-order valence-electron chi connectivity index (χ4n) is 0.888. The first-order valence-electron chi connectivity index (χ1n) is 4.10. The van der Waals surface area contributed by atoms with Gasteiger partial charge in [-0.1, -0.05) is 23.4 Å². The molecule has 0 aliphatic carbocycles. The highest BCUT2D eigenvalue weighted by molar-refractivity contribution is 6.32. The van der Waals surface area contributed by atoms with Crippen molar-refractivity contribution >= 4 is 23.5 Å². The summed E-state index contributed by atoms with van der Waals surface area (Å²) >= 11 is 5.54. The van der Waals surface area contributed by atoms with Crippen LogP contribution < -0.4 is 0 Å². The quantitative estimate of drug-likeness (QED) is 0.599. The molecule has 6 heteroatoms. The van der Waals surface area contributed by atoms with Gasteiger partial charge < -0.3 is 10.2 Å². The number of aliphatic carboxylic acids is 1. The van der Waals surface area contributed by atoms with Gasteiger partial charge in [-0.2, -0.15) is 0 Å². The zero-order chi connectivity index (χ0) is 12.1. The molecule has 0 aliphatic rings. The monoisotopic (exact) mass is 239 g/mol. The molecule has 0 unspecified atom stereocenters. The topological polar surface area (TPSA) is 87.5 Å². The number of carbonyl (C=O) groups is 2. The molecule has 1 aromatic rings. The minimum Gasteiger partial charge on any atom is -0.481 e. The number of rotatable bonds is 2. The van der Waals surface area contributed by atoms with Crippen LogP contribution in [0.4, 0.5) is 0 Å². The maximum absolute atomic E-state index is 10.7. The Morgan fingerprint density at radius 1 is 1.44 bits per heavy atom. The lowest BCUT2D eigenvalue weighted by molar-refractivity contribution is -0.135. The molecule has 0 amide bonds. The van der Waals surface area contributed by atoms with Crippen molar-refractivity contribution in [3.05, 3.63) is 28.5 Å². The number of carboxylic acids is 2. The lowest BCUT2D eigenvalue weighted by Gasteiger charge is -1.97. The summed E-state index contributed by atoms with van der Waals surface area (Å²) in [6, 6.07) is 1.24. The highest BCUT2D eigenvalue weighted by Crippen LogP contribution is 2.13. The first kappa shape index (κ1) is 12.0. The van der Waals surface area contributed by atoms with Crippen LogP contribution in [0.5, 0.6) is 0 Å². The van der Waals surface area contributed by atoms with Crippen molar-refractivity contribution < 1.29 is 19.8 Å². The summed E-state index contributed by atoms with van der Waals surface area (Å²) in [4.78, 5) is 24.5. The van der Waals surface area contributed by atoms with E-state index in [0.29, 0.717) is 5.56 Å². The van der Waals surface area contributed by atoms with Gasteiger partial charge in [0, 0.05) is 11.8 Å². The van der Waals surface area contributed by atoms with E-state index in [1.165, 1.54) is 12.3 Å². The third-order valence-electron chi connectivity index (χ3n) is 1.54. The van der Waals surface area contributed by atoms with E-state index in [1.54, 1.807) is 0 Å². The van der Waals surface area contributed by atoms with Crippen LogP contribution in [0.15, 0.2) is 12.3 Å². The molecule has 0 radical (unpaired) electrons. The third-order valence-corrected chi connectivity index (χ3v) is 1.84. The zero-order valence-electron chi connectivity index (χ0n) is 7.90. The van der Waals surface area contributed by atoms with Gasteiger partial charge in [0.2, 0.25) is 0 Å². The van der Waals surface area contributed by atoms with E-state index >= 15 is 0 Å². The van der Waals surface area contributed by atoms with Gasteiger partial charge in [0.25, 0.3) is 0 Å². The van der Waals surface area contributed by atoms with Crippen LogP contribution >= 0.6 is 11.6 Å². The van der Waals surface area contributed by atoms with Gasteiger partial charge in [-0.3, -0.25) is 4.79 Å². The second-order valence-corrected chi connectivity index (χ2v) is 3.10. The highest BCUT2D eigenvalue weighted by atomic mass is 35.5. The summed E-state index contributed by atoms with van der Waals surface area (Å²) in [7, 11) is 0. The molecule has 5 nitrogen and oxygen atoms in total. The van der Waals surface area contributed by atoms with Crippen LogP contribution in [-0.2, 0) is 4.79 Å². The summed E-state index contributed by atoms with van der Waals surface area (Å²) in [5.41, 5.74) is 0.145. The van der Waals surface area contributed by atoms with Crippen LogP contribution in [0.3, 0.4) is 0 Å². The molecule has 2 N–H and O–H groups in total. The molecule has 0 spiro atoms. The molecule has 1 heterocycles. The molecular weight excluding hydrogens is 234 g/mol. The van der Waals surface area contributed by atoms with Crippen LogP contribution in [-0.4, -0.2) is 27.1 Å². The summed E-state index contributed by atoms with van der Waals surface area (Å²) in [6.45, 7) is 0. The fourth-order valence-corrected chi connectivity index (χ4v) is 1.07. The molecule has 0 saturated carbocycles. The molecule has 1 aromatic heterocycles. The number of hydrogen-bond acceptors (Lipinski definition) is 3. The van der Waals surface area contributed by atoms with E-state index < -0.39 is 11.9 Å². The maximum atomic E-state index is 10.7. The molecule has 16 heavy (non-hydrogen) atoms. The van der Waals surface area contributed by atoms with E-state index in [9.17, 15) is 9.59 Å². The van der Waals surface area contributed by atoms with E-state index in [1.807, 2.05) is 0 Å². The van der Waals surface area contributed by atoms with Gasteiger partial charge in [-0.25, -0.2) is 9.78 Å². The minimum absolute atomic E-state index is 0.128. The number of aromatic nitrogens is 1. The number of halogens is 1. The summed E-state index contributed by atoms with van der Waals surface area (Å²) in [5, 5.41) is 17.0. The average Bonchev–Trinajstić information content (AvgIpc) is 2.19. The van der Waals surface area contributed by atoms with Gasteiger partial charge in [0.1, 0.15) is 11.6 Å². The van der Waals surface area contributed by atoms with Crippen molar-refractivity contribution in [3.63, 3.8) is 0 Å². The van der Waals surface area contributed by atoms with E-state index in [4.69, 9.17) is 21.8 Å². The number of hydrogen-bond donors (Lipinski definition) is 2. The molecule has 0 saturated heterocycles. The third kappa shape index (κ3) is 3.26. The second-order valence-electron chi connectivity index (χ2n) is 2.74. The Balaban J connectivity index is 2.98. The fraction of sp³-hybridized carbons (Fsp3) is 0.100. The van der Waals surface area contributed by atoms with Crippen LogP contribution in [0, 0.1) is 11.8 Å². The molecule has 1 rings (SSSR count). The Labute approximate surface area is 95.7 Å². The summed E-state index contributed by atoms with van der Waals surface area (Å²) in [6.07, 6.45) is 0.967.